The van der Waals surface area contributed by atoms with Crippen LogP contribution in [0.3, 0.4) is 0 Å². The third-order valence-corrected chi connectivity index (χ3v) is 7.07. The Kier molecular flexibility index (Phi) is 4.60. The van der Waals surface area contributed by atoms with Gasteiger partial charge < -0.3 is 23.7 Å². The molecular formula is C16H7N2O11S3-3. The fraction of sp³-hybridized carbons (Fsp3) is 0. The van der Waals surface area contributed by atoms with Gasteiger partial charge in [-0.3, -0.25) is 4.79 Å². The number of hydrogen-bond acceptors (Lipinski definition) is 12. The van der Waals surface area contributed by atoms with Crippen molar-refractivity contribution >= 4 is 58.4 Å². The van der Waals surface area contributed by atoms with Crippen molar-refractivity contribution in [1.82, 2.24) is 4.98 Å². The summed E-state index contributed by atoms with van der Waals surface area (Å²) in [4.78, 5) is 16.0. The Morgan fingerprint density at radius 2 is 1.47 bits per heavy atom. The van der Waals surface area contributed by atoms with Crippen molar-refractivity contribution < 1.29 is 48.8 Å². The van der Waals surface area contributed by atoms with E-state index in [1.165, 1.54) is 0 Å². The van der Waals surface area contributed by atoms with Crippen LogP contribution in [0, 0.1) is 0 Å². The van der Waals surface area contributed by atoms with E-state index >= 15 is 0 Å². The number of hydrogen-bond donors (Lipinski definition) is 2. The minimum atomic E-state index is -5.35. The van der Waals surface area contributed by atoms with Crippen LogP contribution in [0.15, 0.2) is 50.0 Å². The van der Waals surface area contributed by atoms with E-state index in [0.717, 1.165) is 18.2 Å². The van der Waals surface area contributed by atoms with Crippen LogP contribution >= 0.6 is 0 Å². The van der Waals surface area contributed by atoms with Gasteiger partial charge in [-0.1, -0.05) is 0 Å². The molecule has 4 rings (SSSR count). The summed E-state index contributed by atoms with van der Waals surface area (Å²) >= 11 is 0. The van der Waals surface area contributed by atoms with Gasteiger partial charge in [-0.15, -0.1) is 0 Å². The van der Waals surface area contributed by atoms with Gasteiger partial charge in [-0.25, -0.2) is 30.2 Å². The molecule has 32 heavy (non-hydrogen) atoms. The second-order valence-electron chi connectivity index (χ2n) is 6.52. The molecule has 2 N–H and O–H groups in total. The molecule has 2 aromatic carbocycles. The standard InChI is InChI=1S/C16H10N2O11S3/c19-15-8-3-6(30(21,22)23)1-2-10(8)17-13(15)14-16(20)9-4-7(31(24,25)26)5-11(12(9)18-14)32(27,28)29/h1-5,18,20H,(H,21,22,23)(H,24,25,26)(H,27,28,29)/p-3. The van der Waals surface area contributed by atoms with E-state index in [-0.39, 0.29) is 11.3 Å². The lowest BCUT2D eigenvalue weighted by Gasteiger charge is -2.12. The molecule has 0 aliphatic carbocycles. The average molecular weight is 499 g/mol. The number of aromatic amines is 1. The first-order valence-electron chi connectivity index (χ1n) is 8.13. The van der Waals surface area contributed by atoms with Gasteiger partial charge in [0.2, 0.25) is 5.78 Å². The summed E-state index contributed by atoms with van der Waals surface area (Å²) in [6.07, 6.45) is 0. The Hall–Kier alpha value is -3.15. The monoisotopic (exact) mass is 499 g/mol. The number of aliphatic imine (C=N–C) groups is 1. The normalized spacial score (nSPS) is 14.6. The number of fused-ring (bicyclic) bond motifs is 2. The highest BCUT2D eigenvalue weighted by Gasteiger charge is 2.31. The van der Waals surface area contributed by atoms with Crippen LogP contribution in [0.5, 0.6) is 5.75 Å². The van der Waals surface area contributed by atoms with E-state index in [2.05, 4.69) is 9.98 Å². The Labute approximate surface area is 179 Å². The van der Waals surface area contributed by atoms with Crippen molar-refractivity contribution in [3.05, 3.63) is 41.6 Å². The number of rotatable bonds is 4. The van der Waals surface area contributed by atoms with Gasteiger partial charge in [0.25, 0.3) is 0 Å². The van der Waals surface area contributed by atoms with Gasteiger partial charge in [0.05, 0.1) is 31.5 Å². The molecule has 0 unspecified atom stereocenters. The van der Waals surface area contributed by atoms with Gasteiger partial charge in [0, 0.05) is 5.39 Å². The summed E-state index contributed by atoms with van der Waals surface area (Å²) in [6, 6.07) is 3.65. The molecular weight excluding hydrogens is 492 g/mol. The molecule has 0 atom stereocenters. The molecule has 0 spiro atoms. The maximum absolute atomic E-state index is 12.7. The van der Waals surface area contributed by atoms with Crippen LogP contribution in [0.25, 0.3) is 10.9 Å². The van der Waals surface area contributed by atoms with Crippen LogP contribution in [0.4, 0.5) is 5.69 Å². The highest BCUT2D eigenvalue weighted by Crippen LogP contribution is 2.38. The van der Waals surface area contributed by atoms with Crippen LogP contribution in [0.2, 0.25) is 0 Å². The minimum absolute atomic E-state index is 0.0741. The highest BCUT2D eigenvalue weighted by molar-refractivity contribution is 7.86. The number of aromatic hydroxyl groups is 1. The van der Waals surface area contributed by atoms with Gasteiger partial charge in [0.15, 0.2) is 5.75 Å². The lowest BCUT2D eigenvalue weighted by Crippen LogP contribution is -2.12. The first kappa shape index (κ1) is 22.1. The number of carbonyl (C=O) groups excluding carboxylic acids is 1. The van der Waals surface area contributed by atoms with E-state index < -0.39 is 78.9 Å². The molecule has 0 saturated carbocycles. The molecule has 1 aromatic heterocycles. The van der Waals surface area contributed by atoms with Gasteiger partial charge in [-0.05, 0) is 30.3 Å². The fourth-order valence-electron chi connectivity index (χ4n) is 3.16. The van der Waals surface area contributed by atoms with E-state index in [1.807, 2.05) is 0 Å². The number of ketones is 1. The Bertz CT molecular complexity index is 1710. The summed E-state index contributed by atoms with van der Waals surface area (Å²) < 4.78 is 102. The zero-order valence-electron chi connectivity index (χ0n) is 15.1. The number of carbonyl (C=O) groups is 1. The van der Waals surface area contributed by atoms with Crippen LogP contribution in [-0.4, -0.2) is 60.5 Å². The number of nitrogens with one attached hydrogen (secondary N) is 1. The predicted octanol–water partition coefficient (Wildman–Crippen LogP) is -0.0971. The number of H-pyrrole nitrogens is 1. The van der Waals surface area contributed by atoms with Crippen LogP contribution < -0.4 is 0 Å². The molecule has 1 aliphatic heterocycles. The molecule has 0 saturated heterocycles. The Morgan fingerprint density at radius 1 is 0.844 bits per heavy atom. The molecule has 0 amide bonds. The lowest BCUT2D eigenvalue weighted by molar-refractivity contribution is 0.106. The van der Waals surface area contributed by atoms with E-state index in [9.17, 15) is 48.8 Å². The topological polar surface area (TPSA) is 237 Å². The second-order valence-corrected chi connectivity index (χ2v) is 10.6. The summed E-state index contributed by atoms with van der Waals surface area (Å²) in [7, 11) is -15.5. The predicted molar refractivity (Wildman–Crippen MR) is 101 cm³/mol. The zero-order valence-corrected chi connectivity index (χ0v) is 17.5. The molecule has 0 radical (unpaired) electrons. The number of benzene rings is 2. The molecule has 0 bridgehead atoms. The quantitative estimate of drug-likeness (QED) is 0.449. The number of Topliss-reactive ketones (excluding diaryl/α,β-unsaturated/α-hetero) is 1. The third-order valence-electron chi connectivity index (χ3n) is 4.56. The van der Waals surface area contributed by atoms with E-state index in [1.54, 1.807) is 0 Å². The molecule has 3 aromatic rings. The summed E-state index contributed by atoms with van der Waals surface area (Å²) in [5.41, 5.74) is -2.05. The number of nitrogens with zero attached hydrogens (tertiary/aromatic N) is 1. The summed E-state index contributed by atoms with van der Waals surface area (Å²) in [6.45, 7) is 0. The van der Waals surface area contributed by atoms with Crippen molar-refractivity contribution in [2.75, 3.05) is 0 Å². The van der Waals surface area contributed by atoms with E-state index in [0.29, 0.717) is 12.1 Å². The van der Waals surface area contributed by atoms with Crippen molar-refractivity contribution in [3.63, 3.8) is 0 Å². The fourth-order valence-corrected chi connectivity index (χ4v) is 4.93. The zero-order chi connectivity index (χ0) is 23.8. The lowest BCUT2D eigenvalue weighted by atomic mass is 10.1. The Morgan fingerprint density at radius 3 is 2.03 bits per heavy atom. The van der Waals surface area contributed by atoms with Crippen LogP contribution in [0.1, 0.15) is 16.1 Å². The van der Waals surface area contributed by atoms with Gasteiger partial charge in [-0.2, -0.15) is 0 Å². The van der Waals surface area contributed by atoms with Crippen molar-refractivity contribution in [2.24, 2.45) is 4.99 Å². The highest BCUT2D eigenvalue weighted by atomic mass is 32.2. The smallest absolute Gasteiger partial charge is 0.215 e. The third kappa shape index (κ3) is 3.48. The van der Waals surface area contributed by atoms with E-state index in [4.69, 9.17) is 0 Å². The summed E-state index contributed by atoms with van der Waals surface area (Å²) in [5.74, 6) is -1.86. The molecule has 13 nitrogen and oxygen atoms in total. The molecule has 1 aliphatic rings. The molecule has 16 heteroatoms. The van der Waals surface area contributed by atoms with Crippen molar-refractivity contribution in [3.8, 4) is 5.75 Å². The van der Waals surface area contributed by atoms with Gasteiger partial charge in [0.1, 0.15) is 41.8 Å². The second kappa shape index (κ2) is 6.67. The maximum Gasteiger partial charge on any atom is 0.215 e. The maximum atomic E-state index is 12.7. The minimum Gasteiger partial charge on any atom is -0.744 e. The van der Waals surface area contributed by atoms with Crippen molar-refractivity contribution in [1.29, 1.82) is 0 Å². The first-order valence-corrected chi connectivity index (χ1v) is 12.4. The first-order chi connectivity index (χ1) is 14.6. The molecule has 2 heterocycles. The number of aromatic nitrogens is 1. The molecule has 0 fully saturated rings. The van der Waals surface area contributed by atoms with Crippen molar-refractivity contribution in [2.45, 2.75) is 14.7 Å². The Balaban J connectivity index is 1.97. The SMILES string of the molecule is O=C1C(c2[nH]c3c(S(=O)(=O)[O-])cc(S(=O)(=O)[O-])cc3c2O)=Nc2ccc(S(=O)(=O)[O-])cc21. The molecule has 168 valence electrons. The van der Waals surface area contributed by atoms with Gasteiger partial charge >= 0.3 is 0 Å². The van der Waals surface area contributed by atoms with Crippen LogP contribution in [-0.2, 0) is 30.4 Å². The summed E-state index contributed by atoms with van der Waals surface area (Å²) in [5, 5.41) is 9.94. The largest absolute Gasteiger partial charge is 0.744 e. The average Bonchev–Trinajstić information content (AvgIpc) is 3.16.